The summed E-state index contributed by atoms with van der Waals surface area (Å²) in [6, 6.07) is 8.18. The normalized spacial score (nSPS) is 10.6. The highest BCUT2D eigenvalue weighted by Gasteiger charge is 1.93. The molecule has 0 radical (unpaired) electrons. The van der Waals surface area contributed by atoms with Gasteiger partial charge in [-0.3, -0.25) is 0 Å². The zero-order valence-electron chi connectivity index (χ0n) is 7.29. The van der Waals surface area contributed by atoms with Crippen molar-refractivity contribution in [2.75, 3.05) is 19.0 Å². The standard InChI is InChI=1S/C10H12ClN/c1-12(2)10-5-3-4-9(8-10)6-7-11/h3-8H,1-2H3/b7-6+. The van der Waals surface area contributed by atoms with Gasteiger partial charge in [0.2, 0.25) is 0 Å². The van der Waals surface area contributed by atoms with Crippen molar-refractivity contribution < 1.29 is 0 Å². The van der Waals surface area contributed by atoms with Crippen LogP contribution in [0.3, 0.4) is 0 Å². The van der Waals surface area contributed by atoms with Crippen molar-refractivity contribution in [3.63, 3.8) is 0 Å². The molecule has 0 bridgehead atoms. The van der Waals surface area contributed by atoms with Crippen LogP contribution in [0.4, 0.5) is 5.69 Å². The molecule has 0 amide bonds. The Morgan fingerprint density at radius 2 is 2.08 bits per heavy atom. The fourth-order valence-corrected chi connectivity index (χ4v) is 1.12. The van der Waals surface area contributed by atoms with Gasteiger partial charge in [0.25, 0.3) is 0 Å². The minimum atomic E-state index is 1.12. The van der Waals surface area contributed by atoms with Gasteiger partial charge in [0.05, 0.1) is 0 Å². The van der Waals surface area contributed by atoms with E-state index in [0.29, 0.717) is 0 Å². The molecule has 1 rings (SSSR count). The summed E-state index contributed by atoms with van der Waals surface area (Å²) in [5.41, 5.74) is 3.83. The largest absolute Gasteiger partial charge is 0.378 e. The van der Waals surface area contributed by atoms with Crippen molar-refractivity contribution in [1.29, 1.82) is 0 Å². The van der Waals surface area contributed by atoms with Gasteiger partial charge in [-0.25, -0.2) is 0 Å². The zero-order valence-corrected chi connectivity index (χ0v) is 8.05. The maximum atomic E-state index is 5.47. The van der Waals surface area contributed by atoms with E-state index in [-0.39, 0.29) is 0 Å². The molecular formula is C10H12ClN. The highest BCUT2D eigenvalue weighted by Crippen LogP contribution is 2.14. The smallest absolute Gasteiger partial charge is 0.0367 e. The molecule has 0 aliphatic rings. The molecule has 1 aromatic carbocycles. The molecule has 0 aromatic heterocycles. The molecule has 2 heteroatoms. The average molecular weight is 182 g/mol. The molecule has 0 atom stereocenters. The van der Waals surface area contributed by atoms with Crippen molar-refractivity contribution in [2.24, 2.45) is 0 Å². The van der Waals surface area contributed by atoms with E-state index in [1.807, 2.05) is 32.3 Å². The number of halogens is 1. The van der Waals surface area contributed by atoms with Crippen LogP contribution in [0.2, 0.25) is 0 Å². The van der Waals surface area contributed by atoms with E-state index in [1.54, 1.807) is 0 Å². The lowest BCUT2D eigenvalue weighted by molar-refractivity contribution is 1.13. The fraction of sp³-hybridized carbons (Fsp3) is 0.200. The third-order valence-electron chi connectivity index (χ3n) is 1.64. The van der Waals surface area contributed by atoms with Crippen LogP contribution in [-0.4, -0.2) is 14.1 Å². The molecule has 0 fully saturated rings. The first-order valence-corrected chi connectivity index (χ1v) is 4.22. The van der Waals surface area contributed by atoms with E-state index >= 15 is 0 Å². The zero-order chi connectivity index (χ0) is 8.97. The topological polar surface area (TPSA) is 3.24 Å². The van der Waals surface area contributed by atoms with Crippen molar-refractivity contribution in [3.05, 3.63) is 35.4 Å². The summed E-state index contributed by atoms with van der Waals surface area (Å²) in [6.07, 6.45) is 1.87. The lowest BCUT2D eigenvalue weighted by atomic mass is 10.2. The predicted molar refractivity (Wildman–Crippen MR) is 55.7 cm³/mol. The van der Waals surface area contributed by atoms with E-state index in [1.165, 1.54) is 11.2 Å². The first-order chi connectivity index (χ1) is 5.74. The molecule has 0 unspecified atom stereocenters. The van der Waals surface area contributed by atoms with E-state index in [2.05, 4.69) is 17.0 Å². The number of benzene rings is 1. The van der Waals surface area contributed by atoms with Crippen molar-refractivity contribution in [1.82, 2.24) is 0 Å². The molecule has 0 heterocycles. The fourth-order valence-electron chi connectivity index (χ4n) is 0.979. The van der Waals surface area contributed by atoms with Crippen LogP contribution in [0.5, 0.6) is 0 Å². The second-order valence-electron chi connectivity index (χ2n) is 2.78. The first-order valence-electron chi connectivity index (χ1n) is 3.78. The van der Waals surface area contributed by atoms with E-state index in [4.69, 9.17) is 11.6 Å². The lowest BCUT2D eigenvalue weighted by Crippen LogP contribution is -2.08. The number of anilines is 1. The number of hydrogen-bond acceptors (Lipinski definition) is 1. The average Bonchev–Trinajstić information content (AvgIpc) is 2.05. The molecule has 0 saturated carbocycles. The van der Waals surface area contributed by atoms with Gasteiger partial charge in [0.15, 0.2) is 0 Å². The third kappa shape index (κ3) is 2.28. The Morgan fingerprint density at radius 3 is 2.67 bits per heavy atom. The van der Waals surface area contributed by atoms with Crippen molar-refractivity contribution >= 4 is 23.4 Å². The first kappa shape index (κ1) is 9.14. The Bertz CT molecular complexity index is 279. The molecule has 12 heavy (non-hydrogen) atoms. The molecule has 1 nitrogen and oxygen atoms in total. The van der Waals surface area contributed by atoms with Gasteiger partial charge in [-0.2, -0.15) is 0 Å². The summed E-state index contributed by atoms with van der Waals surface area (Å²) in [5, 5.41) is 0. The van der Waals surface area contributed by atoms with Crippen LogP contribution in [0.1, 0.15) is 5.56 Å². The summed E-state index contributed by atoms with van der Waals surface area (Å²) in [6.45, 7) is 0. The van der Waals surface area contributed by atoms with E-state index < -0.39 is 0 Å². The van der Waals surface area contributed by atoms with Crippen LogP contribution in [0, 0.1) is 0 Å². The van der Waals surface area contributed by atoms with Gasteiger partial charge in [-0.1, -0.05) is 23.7 Å². The summed E-state index contributed by atoms with van der Waals surface area (Å²) < 4.78 is 0. The van der Waals surface area contributed by atoms with Crippen molar-refractivity contribution in [3.8, 4) is 0 Å². The van der Waals surface area contributed by atoms with Crippen LogP contribution in [0.25, 0.3) is 6.08 Å². The molecule has 64 valence electrons. The van der Waals surface area contributed by atoms with Gasteiger partial charge < -0.3 is 4.90 Å². The van der Waals surface area contributed by atoms with Crippen molar-refractivity contribution in [2.45, 2.75) is 0 Å². The molecule has 0 saturated heterocycles. The Balaban J connectivity index is 2.95. The summed E-state index contributed by atoms with van der Waals surface area (Å²) in [4.78, 5) is 2.06. The van der Waals surface area contributed by atoms with Crippen LogP contribution < -0.4 is 4.90 Å². The van der Waals surface area contributed by atoms with Crippen LogP contribution in [-0.2, 0) is 0 Å². The minimum Gasteiger partial charge on any atom is -0.378 e. The molecule has 0 aliphatic carbocycles. The molecule has 0 aliphatic heterocycles. The predicted octanol–water partition coefficient (Wildman–Crippen LogP) is 2.96. The second-order valence-corrected chi connectivity index (χ2v) is 3.03. The maximum absolute atomic E-state index is 5.47. The van der Waals surface area contributed by atoms with Crippen LogP contribution >= 0.6 is 11.6 Å². The van der Waals surface area contributed by atoms with Gasteiger partial charge in [-0.05, 0) is 23.8 Å². The SMILES string of the molecule is CN(C)c1cccc(/C=C/Cl)c1. The van der Waals surface area contributed by atoms with Gasteiger partial charge >= 0.3 is 0 Å². The Kier molecular flexibility index (Phi) is 3.18. The third-order valence-corrected chi connectivity index (χ3v) is 1.77. The van der Waals surface area contributed by atoms with Gasteiger partial charge in [0, 0.05) is 25.3 Å². The van der Waals surface area contributed by atoms with Crippen LogP contribution in [0.15, 0.2) is 29.8 Å². The lowest BCUT2D eigenvalue weighted by Gasteiger charge is -2.12. The number of rotatable bonds is 2. The van der Waals surface area contributed by atoms with E-state index in [0.717, 1.165) is 5.56 Å². The Morgan fingerprint density at radius 1 is 1.33 bits per heavy atom. The molecule has 0 N–H and O–H groups in total. The quantitative estimate of drug-likeness (QED) is 0.678. The monoisotopic (exact) mass is 181 g/mol. The maximum Gasteiger partial charge on any atom is 0.0367 e. The summed E-state index contributed by atoms with van der Waals surface area (Å²) in [7, 11) is 4.03. The molecule has 1 aromatic rings. The minimum absolute atomic E-state index is 1.12. The molecule has 0 spiro atoms. The highest BCUT2D eigenvalue weighted by molar-refractivity contribution is 6.27. The summed E-state index contributed by atoms with van der Waals surface area (Å²) in [5.74, 6) is 0. The Hall–Kier alpha value is -0.950. The Labute approximate surface area is 78.3 Å². The number of hydrogen-bond donors (Lipinski definition) is 0. The number of nitrogens with zero attached hydrogens (tertiary/aromatic N) is 1. The highest BCUT2D eigenvalue weighted by atomic mass is 35.5. The van der Waals surface area contributed by atoms with E-state index in [9.17, 15) is 0 Å². The van der Waals surface area contributed by atoms with Gasteiger partial charge in [0.1, 0.15) is 0 Å². The molecular weight excluding hydrogens is 170 g/mol. The summed E-state index contributed by atoms with van der Waals surface area (Å²) >= 11 is 5.47. The second kappa shape index (κ2) is 4.17. The van der Waals surface area contributed by atoms with Gasteiger partial charge in [-0.15, -0.1) is 0 Å².